The molecular weight excluding hydrogens is 188 g/mol. The van der Waals surface area contributed by atoms with Crippen molar-refractivity contribution in [2.24, 2.45) is 5.41 Å². The van der Waals surface area contributed by atoms with Crippen molar-refractivity contribution in [1.82, 2.24) is 0 Å². The molecule has 1 fully saturated rings. The zero-order valence-corrected chi connectivity index (χ0v) is 8.28. The first-order valence-corrected chi connectivity index (χ1v) is 4.64. The molecule has 1 unspecified atom stereocenters. The molecule has 1 aliphatic heterocycles. The number of hydrogen-bond acceptors (Lipinski definition) is 4. The smallest absolute Gasteiger partial charge is 0.450 e. The molecule has 0 aliphatic carbocycles. The van der Waals surface area contributed by atoms with Gasteiger partial charge in [-0.15, -0.1) is 0 Å². The highest BCUT2D eigenvalue weighted by Crippen LogP contribution is 2.40. The van der Waals surface area contributed by atoms with Crippen molar-refractivity contribution in [3.8, 4) is 0 Å². The number of carbonyl (C=O) groups excluding carboxylic acids is 1. The average molecular weight is 202 g/mol. The molecule has 1 atom stereocenters. The lowest BCUT2D eigenvalue weighted by molar-refractivity contribution is -0.159. The first-order valence-electron chi connectivity index (χ1n) is 4.64. The monoisotopic (exact) mass is 202 g/mol. The van der Waals surface area contributed by atoms with E-state index in [-0.39, 0.29) is 5.97 Å². The summed E-state index contributed by atoms with van der Waals surface area (Å²) in [7, 11) is 0. The molecule has 80 valence electrons. The Labute approximate surface area is 82.0 Å². The largest absolute Gasteiger partial charge is 0.508 e. The minimum atomic E-state index is -1.41. The summed E-state index contributed by atoms with van der Waals surface area (Å²) in [4.78, 5) is 21.7. The van der Waals surface area contributed by atoms with E-state index in [0.29, 0.717) is 19.3 Å². The molecule has 1 rings (SSSR count). The summed E-state index contributed by atoms with van der Waals surface area (Å²) in [5.74, 6) is -0.353. The SMILES string of the molecule is CCC1(CC)CC(OC(=O)O)OC1=O. The quantitative estimate of drug-likeness (QED) is 0.706. The van der Waals surface area contributed by atoms with Gasteiger partial charge in [0.1, 0.15) is 0 Å². The van der Waals surface area contributed by atoms with Gasteiger partial charge in [0.25, 0.3) is 6.29 Å². The molecule has 0 aromatic rings. The number of carboxylic acid groups (broad SMARTS) is 1. The normalized spacial score (nSPS) is 24.4. The fourth-order valence-electron chi connectivity index (χ4n) is 1.69. The average Bonchev–Trinajstić information content (AvgIpc) is 2.42. The van der Waals surface area contributed by atoms with E-state index in [9.17, 15) is 9.59 Å². The van der Waals surface area contributed by atoms with Gasteiger partial charge >= 0.3 is 12.1 Å². The highest BCUT2D eigenvalue weighted by atomic mass is 16.8. The van der Waals surface area contributed by atoms with Crippen LogP contribution in [0, 0.1) is 5.41 Å². The van der Waals surface area contributed by atoms with Crippen LogP contribution in [0.1, 0.15) is 33.1 Å². The summed E-state index contributed by atoms with van der Waals surface area (Å²) < 4.78 is 9.24. The maximum atomic E-state index is 11.5. The molecule has 14 heavy (non-hydrogen) atoms. The van der Waals surface area contributed by atoms with Crippen molar-refractivity contribution in [3.63, 3.8) is 0 Å². The molecule has 0 aromatic carbocycles. The Bertz CT molecular complexity index is 244. The fourth-order valence-corrected chi connectivity index (χ4v) is 1.69. The summed E-state index contributed by atoms with van der Waals surface area (Å²) >= 11 is 0. The molecular formula is C9H14O5. The Morgan fingerprint density at radius 2 is 2.21 bits per heavy atom. The van der Waals surface area contributed by atoms with E-state index in [4.69, 9.17) is 9.84 Å². The Morgan fingerprint density at radius 3 is 2.57 bits per heavy atom. The fraction of sp³-hybridized carbons (Fsp3) is 0.778. The van der Waals surface area contributed by atoms with Crippen LogP contribution in [0.15, 0.2) is 0 Å². The van der Waals surface area contributed by atoms with E-state index in [1.54, 1.807) is 0 Å². The zero-order valence-electron chi connectivity index (χ0n) is 8.28. The lowest BCUT2D eigenvalue weighted by Gasteiger charge is -2.19. The Balaban J connectivity index is 2.67. The lowest BCUT2D eigenvalue weighted by Crippen LogP contribution is -2.24. The molecule has 0 bridgehead atoms. The van der Waals surface area contributed by atoms with E-state index >= 15 is 0 Å². The van der Waals surface area contributed by atoms with Crippen LogP contribution >= 0.6 is 0 Å². The molecule has 1 N–H and O–H groups in total. The Kier molecular flexibility index (Phi) is 2.98. The number of cyclic esters (lactones) is 1. The number of esters is 1. The highest BCUT2D eigenvalue weighted by molar-refractivity contribution is 5.79. The summed E-state index contributed by atoms with van der Waals surface area (Å²) in [6.07, 6.45) is -0.736. The maximum absolute atomic E-state index is 11.5. The van der Waals surface area contributed by atoms with Crippen LogP contribution in [0.2, 0.25) is 0 Å². The van der Waals surface area contributed by atoms with E-state index in [0.717, 1.165) is 0 Å². The Hall–Kier alpha value is -1.26. The van der Waals surface area contributed by atoms with Crippen LogP contribution in [-0.2, 0) is 14.3 Å². The summed E-state index contributed by atoms with van der Waals surface area (Å²) in [6, 6.07) is 0. The lowest BCUT2D eigenvalue weighted by atomic mass is 9.81. The predicted molar refractivity (Wildman–Crippen MR) is 46.6 cm³/mol. The molecule has 1 aliphatic rings. The first-order chi connectivity index (χ1) is 6.54. The van der Waals surface area contributed by atoms with Gasteiger partial charge in [0.15, 0.2) is 0 Å². The minimum Gasteiger partial charge on any atom is -0.450 e. The van der Waals surface area contributed by atoms with Gasteiger partial charge in [-0.3, -0.25) is 4.79 Å². The number of rotatable bonds is 3. The van der Waals surface area contributed by atoms with Crippen molar-refractivity contribution < 1.29 is 24.2 Å². The third-order valence-corrected chi connectivity index (χ3v) is 2.81. The first kappa shape index (κ1) is 10.8. The maximum Gasteiger partial charge on any atom is 0.508 e. The molecule has 1 heterocycles. The second kappa shape index (κ2) is 3.86. The number of ether oxygens (including phenoxy) is 2. The molecule has 0 radical (unpaired) electrons. The van der Waals surface area contributed by atoms with Gasteiger partial charge in [0, 0.05) is 6.42 Å². The molecule has 5 heteroatoms. The van der Waals surface area contributed by atoms with Crippen LogP contribution in [0.4, 0.5) is 4.79 Å². The van der Waals surface area contributed by atoms with Crippen LogP contribution in [0.3, 0.4) is 0 Å². The summed E-state index contributed by atoms with van der Waals surface area (Å²) in [6.45, 7) is 3.77. The molecule has 0 aromatic heterocycles. The highest BCUT2D eigenvalue weighted by Gasteiger charge is 2.48. The van der Waals surface area contributed by atoms with E-state index in [2.05, 4.69) is 4.74 Å². The van der Waals surface area contributed by atoms with Crippen molar-refractivity contribution in [2.45, 2.75) is 39.4 Å². The molecule has 0 amide bonds. The predicted octanol–water partition coefficient (Wildman–Crippen LogP) is 1.76. The van der Waals surface area contributed by atoms with Gasteiger partial charge in [-0.1, -0.05) is 13.8 Å². The molecule has 1 saturated heterocycles. The van der Waals surface area contributed by atoms with Crippen LogP contribution in [-0.4, -0.2) is 23.5 Å². The van der Waals surface area contributed by atoms with Crippen LogP contribution in [0.25, 0.3) is 0 Å². The van der Waals surface area contributed by atoms with Gasteiger partial charge in [0.2, 0.25) is 0 Å². The van der Waals surface area contributed by atoms with E-state index in [1.165, 1.54) is 0 Å². The Morgan fingerprint density at radius 1 is 1.64 bits per heavy atom. The summed E-state index contributed by atoms with van der Waals surface area (Å²) in [5, 5.41) is 8.36. The third-order valence-electron chi connectivity index (χ3n) is 2.81. The van der Waals surface area contributed by atoms with Gasteiger partial charge in [-0.25, -0.2) is 4.79 Å². The third kappa shape index (κ3) is 1.81. The van der Waals surface area contributed by atoms with Gasteiger partial charge in [-0.05, 0) is 12.8 Å². The van der Waals surface area contributed by atoms with E-state index in [1.807, 2.05) is 13.8 Å². The van der Waals surface area contributed by atoms with Crippen LogP contribution in [0.5, 0.6) is 0 Å². The molecule has 0 spiro atoms. The topological polar surface area (TPSA) is 72.8 Å². The molecule has 0 saturated carbocycles. The standard InChI is InChI=1S/C9H14O5/c1-3-9(4-2)5-6(13-7(9)10)14-8(11)12/h6H,3-5H2,1-2H3,(H,11,12). The van der Waals surface area contributed by atoms with Crippen LogP contribution < -0.4 is 0 Å². The second-order valence-electron chi connectivity index (χ2n) is 3.41. The minimum absolute atomic E-state index is 0.325. The van der Waals surface area contributed by atoms with Crippen molar-refractivity contribution in [2.75, 3.05) is 0 Å². The molecule has 5 nitrogen and oxygen atoms in total. The van der Waals surface area contributed by atoms with Gasteiger partial charge in [-0.2, -0.15) is 0 Å². The van der Waals surface area contributed by atoms with Gasteiger partial charge in [0.05, 0.1) is 5.41 Å². The van der Waals surface area contributed by atoms with Crippen molar-refractivity contribution in [3.05, 3.63) is 0 Å². The number of hydrogen-bond donors (Lipinski definition) is 1. The zero-order chi connectivity index (χ0) is 10.8. The summed E-state index contributed by atoms with van der Waals surface area (Å²) in [5.41, 5.74) is -0.555. The number of carbonyl (C=O) groups is 2. The second-order valence-corrected chi connectivity index (χ2v) is 3.41. The van der Waals surface area contributed by atoms with E-state index < -0.39 is 17.9 Å². The van der Waals surface area contributed by atoms with Crippen molar-refractivity contribution in [1.29, 1.82) is 0 Å². The van der Waals surface area contributed by atoms with Crippen molar-refractivity contribution >= 4 is 12.1 Å². The van der Waals surface area contributed by atoms with Gasteiger partial charge < -0.3 is 14.6 Å².